The van der Waals surface area contributed by atoms with Gasteiger partial charge in [-0.1, -0.05) is 25.4 Å². The van der Waals surface area contributed by atoms with E-state index in [0.29, 0.717) is 15.3 Å². The number of carbonyl (C=O) groups excluding carboxylic acids is 1. The molecule has 0 radical (unpaired) electrons. The molecule has 0 aliphatic carbocycles. The van der Waals surface area contributed by atoms with Gasteiger partial charge in [-0.25, -0.2) is 4.98 Å². The highest BCUT2D eigenvalue weighted by atomic mass is 79.9. The van der Waals surface area contributed by atoms with Crippen molar-refractivity contribution in [3.63, 3.8) is 0 Å². The Kier molecular flexibility index (Phi) is 4.54. The van der Waals surface area contributed by atoms with Crippen LogP contribution in [0.1, 0.15) is 20.3 Å². The van der Waals surface area contributed by atoms with Crippen molar-refractivity contribution in [2.45, 2.75) is 20.3 Å². The molecule has 0 aliphatic rings. The maximum atomic E-state index is 11.6. The number of halogens is 2. The summed E-state index contributed by atoms with van der Waals surface area (Å²) in [5.74, 6) is -0.00650. The highest BCUT2D eigenvalue weighted by Crippen LogP contribution is 2.23. The number of rotatable bonds is 3. The van der Waals surface area contributed by atoms with E-state index in [0.717, 1.165) is 6.42 Å². The number of nitrogens with zero attached hydrogens (tertiary/aromatic N) is 1. The second kappa shape index (κ2) is 5.47. The van der Waals surface area contributed by atoms with Crippen LogP contribution in [0.2, 0.25) is 5.15 Å². The van der Waals surface area contributed by atoms with Crippen molar-refractivity contribution >= 4 is 39.1 Å². The lowest BCUT2D eigenvalue weighted by Gasteiger charge is -2.09. The van der Waals surface area contributed by atoms with Crippen molar-refractivity contribution in [3.8, 4) is 0 Å². The minimum absolute atomic E-state index is 0.000506. The Labute approximate surface area is 102 Å². The monoisotopic (exact) mass is 290 g/mol. The average molecular weight is 292 g/mol. The highest BCUT2D eigenvalue weighted by Gasteiger charge is 2.11. The van der Waals surface area contributed by atoms with E-state index in [1.54, 1.807) is 6.07 Å². The number of amides is 1. The van der Waals surface area contributed by atoms with E-state index < -0.39 is 0 Å². The molecule has 0 spiro atoms. The SMILES string of the molecule is CCC(C)C(=O)Nc1cnc(Cl)c(Br)c1. The standard InChI is InChI=1S/C10H12BrClN2O/c1-3-6(2)10(15)14-7-4-8(11)9(12)13-5-7/h4-6H,3H2,1-2H3,(H,14,15). The number of aromatic nitrogens is 1. The molecule has 0 aliphatic heterocycles. The second-order valence-electron chi connectivity index (χ2n) is 3.30. The van der Waals surface area contributed by atoms with E-state index in [4.69, 9.17) is 11.6 Å². The number of nitrogens with one attached hydrogen (secondary N) is 1. The van der Waals surface area contributed by atoms with Gasteiger partial charge in [-0.15, -0.1) is 0 Å². The second-order valence-corrected chi connectivity index (χ2v) is 4.51. The van der Waals surface area contributed by atoms with Crippen LogP contribution in [0, 0.1) is 5.92 Å². The predicted molar refractivity (Wildman–Crippen MR) is 65.0 cm³/mol. The lowest BCUT2D eigenvalue weighted by molar-refractivity contribution is -0.119. The molecular formula is C10H12BrClN2O. The first-order chi connectivity index (χ1) is 7.04. The third-order valence-electron chi connectivity index (χ3n) is 2.12. The third kappa shape index (κ3) is 3.47. The number of anilines is 1. The Hall–Kier alpha value is -0.610. The minimum atomic E-state index is -0.00600. The van der Waals surface area contributed by atoms with Crippen molar-refractivity contribution in [2.75, 3.05) is 5.32 Å². The van der Waals surface area contributed by atoms with Crippen molar-refractivity contribution in [1.82, 2.24) is 4.98 Å². The van der Waals surface area contributed by atoms with Crippen LogP contribution in [-0.2, 0) is 4.79 Å². The predicted octanol–water partition coefficient (Wildman–Crippen LogP) is 3.48. The molecule has 1 heterocycles. The molecule has 82 valence electrons. The first kappa shape index (κ1) is 12.5. The average Bonchev–Trinajstić information content (AvgIpc) is 2.22. The molecule has 0 bridgehead atoms. The van der Waals surface area contributed by atoms with E-state index >= 15 is 0 Å². The molecule has 1 aromatic rings. The zero-order valence-electron chi connectivity index (χ0n) is 8.55. The molecule has 1 amide bonds. The summed E-state index contributed by atoms with van der Waals surface area (Å²) in [5, 5.41) is 3.16. The summed E-state index contributed by atoms with van der Waals surface area (Å²) in [6.07, 6.45) is 2.35. The fourth-order valence-electron chi connectivity index (χ4n) is 0.940. The fraction of sp³-hybridized carbons (Fsp3) is 0.400. The van der Waals surface area contributed by atoms with Crippen molar-refractivity contribution < 1.29 is 4.79 Å². The Morgan fingerprint density at radius 3 is 2.93 bits per heavy atom. The van der Waals surface area contributed by atoms with Crippen LogP contribution in [0.4, 0.5) is 5.69 Å². The summed E-state index contributed by atoms with van der Waals surface area (Å²) in [5.41, 5.74) is 0.650. The molecule has 1 atom stereocenters. The molecule has 15 heavy (non-hydrogen) atoms. The third-order valence-corrected chi connectivity index (χ3v) is 3.26. The Morgan fingerprint density at radius 2 is 2.40 bits per heavy atom. The van der Waals surface area contributed by atoms with Crippen LogP contribution in [0.25, 0.3) is 0 Å². The molecule has 0 saturated carbocycles. The number of hydrogen-bond acceptors (Lipinski definition) is 2. The maximum absolute atomic E-state index is 11.6. The highest BCUT2D eigenvalue weighted by molar-refractivity contribution is 9.10. The summed E-state index contributed by atoms with van der Waals surface area (Å²) >= 11 is 8.98. The van der Waals surface area contributed by atoms with Gasteiger partial charge in [0.2, 0.25) is 5.91 Å². The lowest BCUT2D eigenvalue weighted by Crippen LogP contribution is -2.19. The van der Waals surface area contributed by atoms with Crippen LogP contribution in [0.5, 0.6) is 0 Å². The van der Waals surface area contributed by atoms with Gasteiger partial charge in [0.1, 0.15) is 5.15 Å². The molecule has 1 unspecified atom stereocenters. The van der Waals surface area contributed by atoms with Crippen molar-refractivity contribution in [3.05, 3.63) is 21.9 Å². The maximum Gasteiger partial charge on any atom is 0.227 e. The summed E-state index contributed by atoms with van der Waals surface area (Å²) in [4.78, 5) is 15.5. The quantitative estimate of drug-likeness (QED) is 0.866. The van der Waals surface area contributed by atoms with Gasteiger partial charge in [-0.05, 0) is 28.4 Å². The van der Waals surface area contributed by atoms with Gasteiger partial charge in [-0.2, -0.15) is 0 Å². The Bertz CT molecular complexity index is 370. The van der Waals surface area contributed by atoms with Gasteiger partial charge in [-0.3, -0.25) is 4.79 Å². The number of hydrogen-bond donors (Lipinski definition) is 1. The smallest absolute Gasteiger partial charge is 0.227 e. The van der Waals surface area contributed by atoms with Gasteiger partial charge >= 0.3 is 0 Å². The molecule has 3 nitrogen and oxygen atoms in total. The Morgan fingerprint density at radius 1 is 1.73 bits per heavy atom. The van der Waals surface area contributed by atoms with Crippen LogP contribution in [-0.4, -0.2) is 10.9 Å². The zero-order chi connectivity index (χ0) is 11.4. The van der Waals surface area contributed by atoms with Gasteiger partial charge in [0, 0.05) is 5.92 Å². The molecule has 1 N–H and O–H groups in total. The molecule has 1 rings (SSSR count). The van der Waals surface area contributed by atoms with Gasteiger partial charge in [0.05, 0.1) is 16.4 Å². The molecule has 5 heteroatoms. The van der Waals surface area contributed by atoms with Crippen molar-refractivity contribution in [1.29, 1.82) is 0 Å². The summed E-state index contributed by atoms with van der Waals surface area (Å²) in [6, 6.07) is 1.73. The molecule has 1 aromatic heterocycles. The zero-order valence-corrected chi connectivity index (χ0v) is 10.9. The van der Waals surface area contributed by atoms with E-state index in [9.17, 15) is 4.79 Å². The topological polar surface area (TPSA) is 42.0 Å². The van der Waals surface area contributed by atoms with E-state index in [-0.39, 0.29) is 11.8 Å². The van der Waals surface area contributed by atoms with Gasteiger partial charge in [0.15, 0.2) is 0 Å². The first-order valence-corrected chi connectivity index (χ1v) is 5.83. The first-order valence-electron chi connectivity index (χ1n) is 4.66. The summed E-state index contributed by atoms with van der Waals surface area (Å²) in [7, 11) is 0. The van der Waals surface area contributed by atoms with E-state index in [2.05, 4.69) is 26.2 Å². The number of pyridine rings is 1. The lowest BCUT2D eigenvalue weighted by atomic mass is 10.1. The molecule has 0 fully saturated rings. The molecule has 0 saturated heterocycles. The van der Waals surface area contributed by atoms with Gasteiger partial charge in [0.25, 0.3) is 0 Å². The van der Waals surface area contributed by atoms with Crippen molar-refractivity contribution in [2.24, 2.45) is 5.92 Å². The fourth-order valence-corrected chi connectivity index (χ4v) is 1.39. The van der Waals surface area contributed by atoms with Crippen LogP contribution < -0.4 is 5.32 Å². The van der Waals surface area contributed by atoms with Gasteiger partial charge < -0.3 is 5.32 Å². The molecular weight excluding hydrogens is 279 g/mol. The summed E-state index contributed by atoms with van der Waals surface area (Å²) < 4.78 is 0.672. The molecule has 0 aromatic carbocycles. The van der Waals surface area contributed by atoms with Crippen LogP contribution >= 0.6 is 27.5 Å². The summed E-state index contributed by atoms with van der Waals surface area (Å²) in [6.45, 7) is 3.86. The number of carbonyl (C=O) groups is 1. The van der Waals surface area contributed by atoms with E-state index in [1.165, 1.54) is 6.20 Å². The van der Waals surface area contributed by atoms with Crippen LogP contribution in [0.15, 0.2) is 16.7 Å². The van der Waals surface area contributed by atoms with Crippen LogP contribution in [0.3, 0.4) is 0 Å². The largest absolute Gasteiger partial charge is 0.324 e. The minimum Gasteiger partial charge on any atom is -0.324 e. The Balaban J connectivity index is 2.73. The normalized spacial score (nSPS) is 12.3. The van der Waals surface area contributed by atoms with E-state index in [1.807, 2.05) is 13.8 Å².